The number of hydrogen-bond donors (Lipinski definition) is 4. The van der Waals surface area contributed by atoms with Gasteiger partial charge in [0.2, 0.25) is 0 Å². The number of hydrogen-bond acceptors (Lipinski definition) is 5. The molecule has 5 N–H and O–H groups in total. The van der Waals surface area contributed by atoms with E-state index in [0.717, 1.165) is 10.0 Å². The van der Waals surface area contributed by atoms with Gasteiger partial charge in [0, 0.05) is 17.2 Å². The van der Waals surface area contributed by atoms with Crippen LogP contribution in [0.1, 0.15) is 35.7 Å². The molecule has 1 aromatic heterocycles. The number of rotatable bonds is 9. The van der Waals surface area contributed by atoms with Crippen LogP contribution >= 0.6 is 15.9 Å². The van der Waals surface area contributed by atoms with E-state index in [1.54, 1.807) is 19.2 Å². The second-order valence-corrected chi connectivity index (χ2v) is 8.23. The number of carbonyl (C=O) groups is 3. The second-order valence-electron chi connectivity index (χ2n) is 7.32. The zero-order chi connectivity index (χ0) is 27.5. The van der Waals surface area contributed by atoms with Gasteiger partial charge in [-0.3, -0.25) is 14.6 Å². The SMILES string of the molecule is CC(N)=NCCC[C@H](NC(=O)c1cccn(Cc2cccc(Br)c2)c1=O)C(=O)O.O=C(O)C(F)(F)F. The van der Waals surface area contributed by atoms with Gasteiger partial charge in [0.05, 0.1) is 12.4 Å². The maximum absolute atomic E-state index is 12.7. The summed E-state index contributed by atoms with van der Waals surface area (Å²) in [6, 6.07) is 9.34. The number of nitrogens with zero attached hydrogens (tertiary/aromatic N) is 2. The first-order valence-corrected chi connectivity index (χ1v) is 11.1. The van der Waals surface area contributed by atoms with Crippen LogP contribution in [-0.4, -0.2) is 57.2 Å². The Hall–Kier alpha value is -3.68. The summed E-state index contributed by atoms with van der Waals surface area (Å²) >= 11 is 3.38. The molecule has 0 aliphatic rings. The lowest BCUT2D eigenvalue weighted by Gasteiger charge is -2.14. The molecule has 0 saturated carbocycles. The molecule has 0 radical (unpaired) electrons. The van der Waals surface area contributed by atoms with Crippen molar-refractivity contribution in [3.05, 3.63) is 68.5 Å². The van der Waals surface area contributed by atoms with Gasteiger partial charge in [0.15, 0.2) is 0 Å². The number of aliphatic imine (C=N–C) groups is 1. The average Bonchev–Trinajstić information content (AvgIpc) is 2.76. The molecule has 2 aromatic rings. The smallest absolute Gasteiger partial charge is 0.480 e. The van der Waals surface area contributed by atoms with Gasteiger partial charge in [-0.15, -0.1) is 0 Å². The van der Waals surface area contributed by atoms with E-state index in [9.17, 15) is 32.7 Å². The molecule has 0 fully saturated rings. The monoisotopic (exact) mass is 576 g/mol. The summed E-state index contributed by atoms with van der Waals surface area (Å²) in [5.41, 5.74) is 5.74. The molecule has 0 saturated heterocycles. The summed E-state index contributed by atoms with van der Waals surface area (Å²) < 4.78 is 34.0. The van der Waals surface area contributed by atoms with Crippen molar-refractivity contribution >= 4 is 39.6 Å². The highest BCUT2D eigenvalue weighted by Gasteiger charge is 2.38. The Bertz CT molecular complexity index is 1160. The topological polar surface area (TPSA) is 164 Å². The first-order chi connectivity index (χ1) is 16.7. The Kier molecular flexibility index (Phi) is 11.8. The van der Waals surface area contributed by atoms with E-state index < -0.39 is 35.6 Å². The Morgan fingerprint density at radius 1 is 1.19 bits per heavy atom. The third kappa shape index (κ3) is 10.7. The van der Waals surface area contributed by atoms with Crippen molar-refractivity contribution in [3.8, 4) is 0 Å². The summed E-state index contributed by atoms with van der Waals surface area (Å²) in [4.78, 5) is 49.6. The predicted molar refractivity (Wildman–Crippen MR) is 128 cm³/mol. The first-order valence-electron chi connectivity index (χ1n) is 10.3. The number of benzene rings is 1. The fourth-order valence-electron chi connectivity index (χ4n) is 2.71. The van der Waals surface area contributed by atoms with Crippen LogP contribution in [0, 0.1) is 0 Å². The number of halogens is 4. The van der Waals surface area contributed by atoms with Gasteiger partial charge in [-0.2, -0.15) is 13.2 Å². The third-order valence-corrected chi connectivity index (χ3v) is 4.86. The number of carboxylic acid groups (broad SMARTS) is 2. The van der Waals surface area contributed by atoms with Gasteiger partial charge < -0.3 is 25.8 Å². The van der Waals surface area contributed by atoms with Gasteiger partial charge in [-0.1, -0.05) is 28.1 Å². The molecule has 196 valence electrons. The molecule has 14 heteroatoms. The third-order valence-electron chi connectivity index (χ3n) is 4.36. The van der Waals surface area contributed by atoms with Gasteiger partial charge in [-0.25, -0.2) is 9.59 Å². The van der Waals surface area contributed by atoms with E-state index in [4.69, 9.17) is 15.6 Å². The fraction of sp³-hybridized carbons (Fsp3) is 0.318. The zero-order valence-electron chi connectivity index (χ0n) is 19.0. The average molecular weight is 577 g/mol. The lowest BCUT2D eigenvalue weighted by atomic mass is 10.1. The van der Waals surface area contributed by atoms with Crippen molar-refractivity contribution in [1.82, 2.24) is 9.88 Å². The Morgan fingerprint density at radius 2 is 1.83 bits per heavy atom. The maximum Gasteiger partial charge on any atom is 0.490 e. The summed E-state index contributed by atoms with van der Waals surface area (Å²) in [5.74, 6) is -4.23. The van der Waals surface area contributed by atoms with Crippen LogP contribution < -0.4 is 16.6 Å². The van der Waals surface area contributed by atoms with Crippen LogP contribution in [0.15, 0.2) is 56.9 Å². The highest BCUT2D eigenvalue weighted by molar-refractivity contribution is 9.10. The van der Waals surface area contributed by atoms with Gasteiger partial charge >= 0.3 is 18.1 Å². The van der Waals surface area contributed by atoms with E-state index in [0.29, 0.717) is 18.8 Å². The molecule has 1 amide bonds. The highest BCUT2D eigenvalue weighted by Crippen LogP contribution is 2.13. The lowest BCUT2D eigenvalue weighted by Crippen LogP contribution is -2.43. The number of aromatic nitrogens is 1. The molecule has 1 atom stereocenters. The number of aliphatic carboxylic acids is 2. The van der Waals surface area contributed by atoms with Crippen molar-refractivity contribution in [2.45, 2.75) is 38.5 Å². The molecule has 2 rings (SSSR count). The molecular weight excluding hydrogens is 553 g/mol. The summed E-state index contributed by atoms with van der Waals surface area (Å²) in [6.45, 7) is 2.30. The van der Waals surface area contributed by atoms with Crippen LogP contribution in [-0.2, 0) is 16.1 Å². The molecule has 36 heavy (non-hydrogen) atoms. The zero-order valence-corrected chi connectivity index (χ0v) is 20.5. The van der Waals surface area contributed by atoms with Gasteiger partial charge in [0.25, 0.3) is 11.5 Å². The number of carboxylic acids is 2. The molecule has 1 heterocycles. The number of nitrogens with one attached hydrogen (secondary N) is 1. The van der Waals surface area contributed by atoms with E-state index >= 15 is 0 Å². The largest absolute Gasteiger partial charge is 0.490 e. The molecule has 1 aromatic carbocycles. The number of nitrogens with two attached hydrogens (primary N) is 1. The van der Waals surface area contributed by atoms with Crippen LogP contribution in [0.3, 0.4) is 0 Å². The number of pyridine rings is 1. The first kappa shape index (κ1) is 30.4. The van der Waals surface area contributed by atoms with E-state index in [-0.39, 0.29) is 18.5 Å². The quantitative estimate of drug-likeness (QED) is 0.202. The highest BCUT2D eigenvalue weighted by atomic mass is 79.9. The van der Waals surface area contributed by atoms with Crippen LogP contribution in [0.2, 0.25) is 0 Å². The minimum Gasteiger partial charge on any atom is -0.480 e. The molecule has 0 bridgehead atoms. The molecule has 0 aliphatic carbocycles. The normalized spacial score (nSPS) is 12.2. The predicted octanol–water partition coefficient (Wildman–Crippen LogP) is 2.63. The van der Waals surface area contributed by atoms with Crippen molar-refractivity contribution in [3.63, 3.8) is 0 Å². The Labute approximate surface area is 211 Å². The number of amidine groups is 1. The van der Waals surface area contributed by atoms with Crippen molar-refractivity contribution < 1.29 is 37.8 Å². The van der Waals surface area contributed by atoms with Gasteiger partial charge in [0.1, 0.15) is 11.6 Å². The lowest BCUT2D eigenvalue weighted by molar-refractivity contribution is -0.192. The van der Waals surface area contributed by atoms with E-state index in [2.05, 4.69) is 26.2 Å². The molecule has 0 spiro atoms. The van der Waals surface area contributed by atoms with Gasteiger partial charge in [-0.05, 0) is 49.6 Å². The minimum absolute atomic E-state index is 0.107. The molecule has 10 nitrogen and oxygen atoms in total. The standard InChI is InChI=1S/C20H23BrN4O4.C2HF3O2/c1-13(22)23-9-3-8-17(20(28)29)24-18(26)16-7-4-10-25(19(16)27)12-14-5-2-6-15(21)11-14;3-2(4,5)1(6)7/h2,4-7,10-11,17H,3,8-9,12H2,1H3,(H2,22,23)(H,24,26)(H,28,29);(H,6,7)/t17-;/m0./s1. The Morgan fingerprint density at radius 3 is 2.36 bits per heavy atom. The summed E-state index contributed by atoms with van der Waals surface area (Å²) in [6.07, 6.45) is -2.88. The van der Waals surface area contributed by atoms with Crippen LogP contribution in [0.25, 0.3) is 0 Å². The summed E-state index contributed by atoms with van der Waals surface area (Å²) in [5, 5.41) is 18.9. The van der Waals surface area contributed by atoms with E-state index in [1.165, 1.54) is 10.6 Å². The summed E-state index contributed by atoms with van der Waals surface area (Å²) in [7, 11) is 0. The van der Waals surface area contributed by atoms with Crippen molar-refractivity contribution in [2.75, 3.05) is 6.54 Å². The van der Waals surface area contributed by atoms with Crippen LogP contribution in [0.4, 0.5) is 13.2 Å². The second kappa shape index (κ2) is 14.0. The number of carbonyl (C=O) groups excluding carboxylic acids is 1. The maximum atomic E-state index is 12.7. The number of alkyl halides is 3. The van der Waals surface area contributed by atoms with Crippen molar-refractivity contribution in [2.24, 2.45) is 10.7 Å². The molecular formula is C22H24BrF3N4O6. The molecule has 0 unspecified atom stereocenters. The molecule has 0 aliphatic heterocycles. The minimum atomic E-state index is -5.08. The number of amides is 1. The van der Waals surface area contributed by atoms with Crippen molar-refractivity contribution in [1.29, 1.82) is 0 Å². The van der Waals surface area contributed by atoms with E-state index in [1.807, 2.05) is 24.3 Å². The van der Waals surface area contributed by atoms with Crippen LogP contribution in [0.5, 0.6) is 0 Å². The fourth-order valence-corrected chi connectivity index (χ4v) is 3.16. The Balaban J connectivity index is 0.000000809.